The number of hydrogen-bond donors (Lipinski definition) is 5. The Kier molecular flexibility index (Phi) is 28.0. The Balaban J connectivity index is 0. The molecule has 0 saturated carbocycles. The molecule has 46 heavy (non-hydrogen) atoms. The van der Waals surface area contributed by atoms with Crippen LogP contribution in [0.5, 0.6) is 0 Å². The zero-order chi connectivity index (χ0) is 35.5. The number of aliphatic hydroxyl groups excluding tert-OH is 2. The van der Waals surface area contributed by atoms with E-state index < -0.39 is 42.6 Å². The van der Waals surface area contributed by atoms with Crippen molar-refractivity contribution in [1.82, 2.24) is 20.0 Å². The Morgan fingerprint density at radius 1 is 0.870 bits per heavy atom. The lowest BCUT2D eigenvalue weighted by molar-refractivity contribution is -0.299. The van der Waals surface area contributed by atoms with Gasteiger partial charge in [0, 0.05) is 52.2 Å². The van der Waals surface area contributed by atoms with Crippen LogP contribution in [-0.2, 0) is 47.8 Å². The topological polar surface area (TPSA) is 250 Å². The van der Waals surface area contributed by atoms with Crippen LogP contribution >= 0.6 is 11.8 Å². The number of aliphatic carboxylic acids is 2. The van der Waals surface area contributed by atoms with Gasteiger partial charge in [-0.15, -0.1) is 0 Å². The van der Waals surface area contributed by atoms with Crippen LogP contribution in [0.4, 0.5) is 0 Å². The maximum absolute atomic E-state index is 12.4. The minimum atomic E-state index is -1.10. The second kappa shape index (κ2) is 28.4. The Morgan fingerprint density at radius 2 is 1.43 bits per heavy atom. The molecule has 0 spiro atoms. The van der Waals surface area contributed by atoms with Crippen molar-refractivity contribution in [1.29, 1.82) is 0 Å². The summed E-state index contributed by atoms with van der Waals surface area (Å²) in [5.74, 6) is -0.733. The molecule has 0 aromatic heterocycles. The molecule has 1 amide bonds. The van der Waals surface area contributed by atoms with Gasteiger partial charge in [0.15, 0.2) is 6.29 Å². The Morgan fingerprint density at radius 3 is 1.98 bits per heavy atom. The molecule has 1 saturated heterocycles. The van der Waals surface area contributed by atoms with Gasteiger partial charge in [-0.2, -0.15) is 30.9 Å². The summed E-state index contributed by atoms with van der Waals surface area (Å²) in [6.45, 7) is 4.39. The van der Waals surface area contributed by atoms with Crippen LogP contribution in [0.15, 0.2) is 0 Å². The van der Waals surface area contributed by atoms with E-state index in [9.17, 15) is 29.7 Å². The van der Waals surface area contributed by atoms with Crippen molar-refractivity contribution in [2.45, 2.75) is 50.5 Å². The van der Waals surface area contributed by atoms with Crippen molar-refractivity contribution in [2.75, 3.05) is 91.7 Å². The van der Waals surface area contributed by atoms with E-state index in [1.165, 1.54) is 7.11 Å². The van der Waals surface area contributed by atoms with E-state index in [4.69, 9.17) is 38.5 Å². The molecular formula is C27H48N4O14S. The van der Waals surface area contributed by atoms with Crippen molar-refractivity contribution in [3.05, 3.63) is 0 Å². The predicted octanol–water partition coefficient (Wildman–Crippen LogP) is -2.72. The van der Waals surface area contributed by atoms with Gasteiger partial charge in [0.05, 0.1) is 25.7 Å². The molecule has 0 aromatic carbocycles. The average Bonchev–Trinajstić information content (AvgIpc) is 2.98. The van der Waals surface area contributed by atoms with E-state index >= 15 is 0 Å². The Hall–Kier alpha value is -2.80. The summed E-state index contributed by atoms with van der Waals surface area (Å²) in [4.78, 5) is 72.1. The SMILES string of the molecule is CCC1O[C@H](OC)[C@@H](OCCCSCCNC(=O)CN(CCN(C)CCN(C)CC(=O)O)CC(=O)O)C(O)[C@@H]1O.O=C=O.O=C=O. The maximum Gasteiger partial charge on any atom is 0.373 e. The average molecular weight is 685 g/mol. The highest BCUT2D eigenvalue weighted by molar-refractivity contribution is 7.99. The van der Waals surface area contributed by atoms with Gasteiger partial charge in [-0.05, 0) is 32.7 Å². The normalized spacial score (nSPS) is 20.5. The number of aliphatic hydroxyl groups is 2. The summed E-state index contributed by atoms with van der Waals surface area (Å²) in [7, 11) is 5.05. The van der Waals surface area contributed by atoms with Crippen molar-refractivity contribution in [2.24, 2.45) is 0 Å². The Bertz CT molecular complexity index is 907. The molecule has 0 bridgehead atoms. The fourth-order valence-corrected chi connectivity index (χ4v) is 4.87. The number of likely N-dealkylation sites (N-methyl/N-ethyl adjacent to an activating group) is 2. The molecule has 266 valence electrons. The van der Waals surface area contributed by atoms with Gasteiger partial charge >= 0.3 is 24.2 Å². The van der Waals surface area contributed by atoms with Crippen LogP contribution < -0.4 is 5.32 Å². The van der Waals surface area contributed by atoms with Crippen molar-refractivity contribution >= 4 is 41.9 Å². The van der Waals surface area contributed by atoms with Gasteiger partial charge in [0.1, 0.15) is 18.3 Å². The lowest BCUT2D eigenvalue weighted by Gasteiger charge is -2.41. The van der Waals surface area contributed by atoms with Gasteiger partial charge in [-0.1, -0.05) is 6.92 Å². The molecular weight excluding hydrogens is 636 g/mol. The number of carboxylic acids is 2. The zero-order valence-electron chi connectivity index (χ0n) is 26.7. The number of ether oxygens (including phenoxy) is 3. The number of nitrogens with zero attached hydrogens (tertiary/aromatic N) is 3. The highest BCUT2D eigenvalue weighted by Crippen LogP contribution is 2.25. The van der Waals surface area contributed by atoms with Crippen molar-refractivity contribution < 1.29 is 68.2 Å². The fraction of sp³-hybridized carbons (Fsp3) is 0.815. The van der Waals surface area contributed by atoms with Crippen molar-refractivity contribution in [3.8, 4) is 0 Å². The van der Waals surface area contributed by atoms with E-state index in [1.807, 2.05) is 18.9 Å². The molecule has 5 N–H and O–H groups in total. The molecule has 1 heterocycles. The van der Waals surface area contributed by atoms with Crippen LogP contribution in [0.2, 0.25) is 0 Å². The molecule has 0 aromatic rings. The molecule has 19 heteroatoms. The molecule has 18 nitrogen and oxygen atoms in total. The summed E-state index contributed by atoms with van der Waals surface area (Å²) in [5, 5.41) is 41.4. The van der Waals surface area contributed by atoms with Crippen LogP contribution in [0.25, 0.3) is 0 Å². The number of hydrogen-bond acceptors (Lipinski definition) is 16. The van der Waals surface area contributed by atoms with Crippen LogP contribution in [0.3, 0.4) is 0 Å². The third-order valence-electron chi connectivity index (χ3n) is 6.38. The molecule has 2 unspecified atom stereocenters. The van der Waals surface area contributed by atoms with Crippen LogP contribution in [-0.4, -0.2) is 188 Å². The van der Waals surface area contributed by atoms with Crippen LogP contribution in [0.1, 0.15) is 19.8 Å². The van der Waals surface area contributed by atoms with Crippen molar-refractivity contribution in [3.63, 3.8) is 0 Å². The number of carbonyl (C=O) groups is 3. The lowest BCUT2D eigenvalue weighted by atomic mass is 9.97. The van der Waals surface area contributed by atoms with E-state index in [0.29, 0.717) is 57.9 Å². The monoisotopic (exact) mass is 684 g/mol. The Labute approximate surface area is 272 Å². The molecule has 1 aliphatic rings. The number of methoxy groups -OCH3 is 1. The number of carbonyl (C=O) groups excluding carboxylic acids is 5. The quantitative estimate of drug-likeness (QED) is 0.0727. The van der Waals surface area contributed by atoms with E-state index in [-0.39, 0.29) is 37.8 Å². The molecule has 1 aliphatic heterocycles. The summed E-state index contributed by atoms with van der Waals surface area (Å²) in [6, 6.07) is 0. The van der Waals surface area contributed by atoms with E-state index in [1.54, 1.807) is 28.6 Å². The predicted molar refractivity (Wildman–Crippen MR) is 159 cm³/mol. The largest absolute Gasteiger partial charge is 0.480 e. The van der Waals surface area contributed by atoms with Gasteiger partial charge in [0.25, 0.3) is 0 Å². The smallest absolute Gasteiger partial charge is 0.373 e. The first kappa shape index (κ1) is 45.3. The second-order valence-electron chi connectivity index (χ2n) is 10.0. The summed E-state index contributed by atoms with van der Waals surface area (Å²) >= 11 is 1.62. The first-order valence-corrected chi connectivity index (χ1v) is 15.5. The number of nitrogens with one attached hydrogen (secondary N) is 1. The standard InChI is InChI=1S/C25H48N4O10S.2CO2/c1-5-18-22(35)23(36)24(25(37-4)39-18)38-12-6-13-40-14-7-26-19(30)15-29(17-21(33)34)11-10-27(2)8-9-28(3)16-20(31)32;2*2-1-3/h18,22-25,35-36H,5-17H2,1-4H3,(H,26,30)(H,31,32)(H,33,34);;/t18?,22-,23?,24+,25+;;/m1../s1. The minimum Gasteiger partial charge on any atom is -0.480 e. The highest BCUT2D eigenvalue weighted by Gasteiger charge is 2.44. The van der Waals surface area contributed by atoms with Gasteiger partial charge in [-0.3, -0.25) is 24.2 Å². The summed E-state index contributed by atoms with van der Waals surface area (Å²) in [5.41, 5.74) is 0. The third kappa shape index (κ3) is 22.7. The number of thioether (sulfide) groups is 1. The fourth-order valence-electron chi connectivity index (χ4n) is 4.09. The molecule has 0 radical (unpaired) electrons. The van der Waals surface area contributed by atoms with Gasteiger partial charge in [0.2, 0.25) is 5.91 Å². The second-order valence-corrected chi connectivity index (χ2v) is 11.2. The zero-order valence-corrected chi connectivity index (χ0v) is 27.5. The van der Waals surface area contributed by atoms with Crippen LogP contribution in [0, 0.1) is 0 Å². The van der Waals surface area contributed by atoms with Gasteiger partial charge in [-0.25, -0.2) is 0 Å². The molecule has 0 aliphatic carbocycles. The summed E-state index contributed by atoms with van der Waals surface area (Å²) < 4.78 is 16.7. The molecule has 1 fully saturated rings. The minimum absolute atomic E-state index is 0.0330. The number of carboxylic acid groups (broad SMARTS) is 2. The number of amides is 1. The third-order valence-corrected chi connectivity index (χ3v) is 7.45. The number of rotatable bonds is 22. The van der Waals surface area contributed by atoms with E-state index in [2.05, 4.69) is 5.32 Å². The first-order chi connectivity index (χ1) is 21.8. The molecule has 1 rings (SSSR count). The summed E-state index contributed by atoms with van der Waals surface area (Å²) in [6.07, 6.45) is -2.44. The van der Waals surface area contributed by atoms with E-state index in [0.717, 1.165) is 5.75 Å². The molecule has 5 atom stereocenters. The maximum atomic E-state index is 12.4. The lowest BCUT2D eigenvalue weighted by Crippen LogP contribution is -2.58. The van der Waals surface area contributed by atoms with Gasteiger partial charge < -0.3 is 44.9 Å². The highest BCUT2D eigenvalue weighted by atomic mass is 32.2. The first-order valence-electron chi connectivity index (χ1n) is 14.3.